The van der Waals surface area contributed by atoms with Gasteiger partial charge in [0.2, 0.25) is 0 Å². The van der Waals surface area contributed by atoms with Gasteiger partial charge in [-0.25, -0.2) is 0 Å². The molecule has 0 bridgehead atoms. The van der Waals surface area contributed by atoms with E-state index in [0.29, 0.717) is 23.5 Å². The number of ketones is 1. The van der Waals surface area contributed by atoms with Crippen LogP contribution in [-0.4, -0.2) is 12.4 Å². The van der Waals surface area contributed by atoms with Gasteiger partial charge in [0, 0.05) is 11.3 Å². The van der Waals surface area contributed by atoms with Gasteiger partial charge in [-0.1, -0.05) is 39.3 Å². The van der Waals surface area contributed by atoms with Crippen LogP contribution in [0.25, 0.3) is 0 Å². The van der Waals surface area contributed by atoms with Crippen molar-refractivity contribution < 1.29 is 9.53 Å². The van der Waals surface area contributed by atoms with Crippen LogP contribution in [0.4, 0.5) is 0 Å². The van der Waals surface area contributed by atoms with E-state index in [1.54, 1.807) is 11.3 Å². The van der Waals surface area contributed by atoms with Gasteiger partial charge >= 0.3 is 0 Å². The summed E-state index contributed by atoms with van der Waals surface area (Å²) in [6.45, 7) is 14.1. The summed E-state index contributed by atoms with van der Waals surface area (Å²) < 4.78 is 5.98. The monoisotopic (exact) mass is 410 g/mol. The van der Waals surface area contributed by atoms with E-state index in [0.717, 1.165) is 48.8 Å². The number of aryl methyl sites for hydroxylation is 4. The smallest absolute Gasteiger partial charge is 0.173 e. The molecule has 4 rings (SSSR count). The third kappa shape index (κ3) is 3.56. The van der Waals surface area contributed by atoms with Crippen LogP contribution in [0.15, 0.2) is 12.1 Å². The lowest BCUT2D eigenvalue weighted by Gasteiger charge is -2.14. The normalized spacial score (nSPS) is 21.0. The number of ether oxygens (including phenoxy) is 1. The third-order valence-electron chi connectivity index (χ3n) is 7.18. The molecule has 1 aromatic carbocycles. The van der Waals surface area contributed by atoms with Crippen molar-refractivity contribution in [2.24, 2.45) is 11.3 Å². The Bertz CT molecular complexity index is 927. The molecule has 1 heterocycles. The first-order chi connectivity index (χ1) is 13.8. The zero-order valence-corrected chi connectivity index (χ0v) is 19.6. The maximum Gasteiger partial charge on any atom is 0.173 e. The largest absolute Gasteiger partial charge is 0.493 e. The number of carbonyl (C=O) groups excluding carboxylic acids is 1. The molecular formula is C26H34O2S. The molecule has 0 amide bonds. The van der Waals surface area contributed by atoms with Crippen LogP contribution < -0.4 is 4.74 Å². The van der Waals surface area contributed by atoms with Crippen LogP contribution in [0.2, 0.25) is 0 Å². The molecule has 1 saturated carbocycles. The van der Waals surface area contributed by atoms with Gasteiger partial charge in [-0.15, -0.1) is 11.3 Å². The average Bonchev–Trinajstić information content (AvgIpc) is 3.00. The Kier molecular flexibility index (Phi) is 5.40. The van der Waals surface area contributed by atoms with E-state index >= 15 is 0 Å². The highest BCUT2D eigenvalue weighted by atomic mass is 32.1. The van der Waals surface area contributed by atoms with Crippen molar-refractivity contribution in [3.8, 4) is 5.75 Å². The molecule has 0 aliphatic heterocycles. The summed E-state index contributed by atoms with van der Waals surface area (Å²) >= 11 is 1.74. The maximum absolute atomic E-state index is 13.1. The van der Waals surface area contributed by atoms with Crippen molar-refractivity contribution in [3.05, 3.63) is 49.7 Å². The Labute approximate surface area is 179 Å². The fraction of sp³-hybridized carbons (Fsp3) is 0.577. The average molecular weight is 411 g/mol. The van der Waals surface area contributed by atoms with Gasteiger partial charge < -0.3 is 4.74 Å². The lowest BCUT2D eigenvalue weighted by atomic mass is 9.93. The van der Waals surface area contributed by atoms with Gasteiger partial charge in [0.25, 0.3) is 0 Å². The number of fused-ring (bicyclic) bond motifs is 3. The highest BCUT2D eigenvalue weighted by Crippen LogP contribution is 2.71. The van der Waals surface area contributed by atoms with Gasteiger partial charge in [-0.05, 0) is 85.1 Å². The highest BCUT2D eigenvalue weighted by Gasteiger charge is 2.63. The van der Waals surface area contributed by atoms with E-state index in [-0.39, 0.29) is 0 Å². The molecule has 1 fully saturated rings. The van der Waals surface area contributed by atoms with Gasteiger partial charge in [0.1, 0.15) is 5.75 Å². The Morgan fingerprint density at radius 2 is 1.90 bits per heavy atom. The van der Waals surface area contributed by atoms with Crippen molar-refractivity contribution >= 4 is 17.1 Å². The summed E-state index contributed by atoms with van der Waals surface area (Å²) in [5, 5.41) is 0. The number of carbonyl (C=O) groups is 1. The molecular weight excluding hydrogens is 376 g/mol. The lowest BCUT2D eigenvalue weighted by molar-refractivity contribution is 0.0985. The highest BCUT2D eigenvalue weighted by molar-refractivity contribution is 7.14. The molecule has 29 heavy (non-hydrogen) atoms. The third-order valence-corrected chi connectivity index (χ3v) is 8.38. The van der Waals surface area contributed by atoms with Crippen LogP contribution in [0.1, 0.15) is 88.3 Å². The Morgan fingerprint density at radius 1 is 1.21 bits per heavy atom. The fourth-order valence-corrected chi connectivity index (χ4v) is 6.66. The summed E-state index contributed by atoms with van der Waals surface area (Å²) in [5.41, 5.74) is 6.95. The second-order valence-corrected chi connectivity index (χ2v) is 10.9. The molecule has 0 spiro atoms. The van der Waals surface area contributed by atoms with Gasteiger partial charge in [0.05, 0.1) is 11.5 Å². The van der Waals surface area contributed by atoms with E-state index < -0.39 is 0 Å². The van der Waals surface area contributed by atoms with Crippen molar-refractivity contribution in [1.82, 2.24) is 0 Å². The number of thiophene rings is 1. The minimum atomic E-state index is 0.331. The van der Waals surface area contributed by atoms with Crippen molar-refractivity contribution in [3.63, 3.8) is 0 Å². The maximum atomic E-state index is 13.1. The van der Waals surface area contributed by atoms with E-state index in [9.17, 15) is 4.79 Å². The number of Topliss-reactive ketones (excluding diaryl/α,β-unsaturated/α-hetero) is 1. The number of unbranched alkanes of at least 4 members (excludes halogenated alkanes) is 1. The standard InChI is InChI=1S/C26H34O2S/c1-7-8-11-28-24-15(2)12-18(13-16(24)3)9-10-21(27)25-19-14-20-23(26(20,5)6)22(19)17(4)29-25/h12-13,20,23H,7-11,14H2,1-6H3/t20-,23-/m1/s1. The van der Waals surface area contributed by atoms with Crippen LogP contribution in [0.5, 0.6) is 5.75 Å². The molecule has 3 heteroatoms. The predicted octanol–water partition coefficient (Wildman–Crippen LogP) is 6.96. The van der Waals surface area contributed by atoms with Gasteiger partial charge in [0.15, 0.2) is 5.78 Å². The first kappa shape index (κ1) is 20.7. The number of hydrogen-bond donors (Lipinski definition) is 0. The lowest BCUT2D eigenvalue weighted by Crippen LogP contribution is -2.06. The Morgan fingerprint density at radius 3 is 2.55 bits per heavy atom. The molecule has 1 aromatic heterocycles. The molecule has 2 aliphatic rings. The van der Waals surface area contributed by atoms with Gasteiger partial charge in [-0.2, -0.15) is 0 Å². The van der Waals surface area contributed by atoms with Crippen LogP contribution in [0.3, 0.4) is 0 Å². The first-order valence-corrected chi connectivity index (χ1v) is 12.0. The molecule has 156 valence electrons. The number of hydrogen-bond acceptors (Lipinski definition) is 3. The minimum Gasteiger partial charge on any atom is -0.493 e. The van der Waals surface area contributed by atoms with Crippen molar-refractivity contribution in [1.29, 1.82) is 0 Å². The minimum absolute atomic E-state index is 0.331. The number of benzene rings is 1. The quantitative estimate of drug-likeness (QED) is 0.347. The molecule has 2 atom stereocenters. The zero-order chi connectivity index (χ0) is 20.9. The van der Waals surface area contributed by atoms with Crippen molar-refractivity contribution in [2.45, 2.75) is 79.6 Å². The summed E-state index contributed by atoms with van der Waals surface area (Å²) in [5.74, 6) is 2.80. The van der Waals surface area contributed by atoms with Gasteiger partial charge in [-0.3, -0.25) is 4.79 Å². The van der Waals surface area contributed by atoms with Crippen LogP contribution in [0, 0.1) is 32.1 Å². The number of rotatable bonds is 8. The summed E-state index contributed by atoms with van der Waals surface area (Å²) in [6.07, 6.45) is 4.74. The predicted molar refractivity (Wildman–Crippen MR) is 122 cm³/mol. The SMILES string of the molecule is CCCCOc1c(C)cc(CCC(=O)c2sc(C)c3c2C[C@@H]2[C@H]3C2(C)C)cc1C. The molecule has 0 radical (unpaired) electrons. The van der Waals surface area contributed by atoms with E-state index in [2.05, 4.69) is 53.7 Å². The van der Waals surface area contributed by atoms with E-state index in [4.69, 9.17) is 4.74 Å². The van der Waals surface area contributed by atoms with Crippen LogP contribution >= 0.6 is 11.3 Å². The fourth-order valence-electron chi connectivity index (χ4n) is 5.46. The Balaban J connectivity index is 1.44. The summed E-state index contributed by atoms with van der Waals surface area (Å²) in [6, 6.07) is 4.40. The molecule has 0 N–H and O–H groups in total. The van der Waals surface area contributed by atoms with Crippen molar-refractivity contribution in [2.75, 3.05) is 6.61 Å². The zero-order valence-electron chi connectivity index (χ0n) is 18.8. The second kappa shape index (κ2) is 7.58. The molecule has 2 nitrogen and oxygen atoms in total. The topological polar surface area (TPSA) is 26.3 Å². The second-order valence-electron chi connectivity index (χ2n) is 9.67. The van der Waals surface area contributed by atoms with E-state index in [1.165, 1.54) is 32.7 Å². The first-order valence-electron chi connectivity index (χ1n) is 11.1. The van der Waals surface area contributed by atoms with Crippen LogP contribution in [-0.2, 0) is 12.8 Å². The molecule has 2 aliphatic carbocycles. The summed E-state index contributed by atoms with van der Waals surface area (Å²) in [7, 11) is 0. The Hall–Kier alpha value is -1.61. The molecule has 2 aromatic rings. The van der Waals surface area contributed by atoms with E-state index in [1.807, 2.05) is 0 Å². The molecule has 0 saturated heterocycles. The molecule has 0 unspecified atom stereocenters. The summed E-state index contributed by atoms with van der Waals surface area (Å²) in [4.78, 5) is 15.5.